The van der Waals surface area contributed by atoms with Crippen molar-refractivity contribution in [2.24, 2.45) is 5.10 Å². The second kappa shape index (κ2) is 8.14. The fourth-order valence-corrected chi connectivity index (χ4v) is 3.84. The molecule has 1 aliphatic rings. The number of hydrogen-bond acceptors (Lipinski definition) is 5. The molecule has 0 bridgehead atoms. The van der Waals surface area contributed by atoms with Gasteiger partial charge in [-0.3, -0.25) is 9.59 Å². The van der Waals surface area contributed by atoms with Crippen LogP contribution in [0.2, 0.25) is 0 Å². The first-order chi connectivity index (χ1) is 15.0. The molecule has 0 aliphatic carbocycles. The summed E-state index contributed by atoms with van der Waals surface area (Å²) in [5.41, 5.74) is -0.264. The van der Waals surface area contributed by atoms with E-state index in [0.29, 0.717) is 11.3 Å². The molecule has 0 N–H and O–H groups in total. The SMILES string of the molecule is CCOC(=O)C1(C(C)=O)CC(c2ccc3ccccc3c2)=NN1C(=O)c1ccccc1. The zero-order chi connectivity index (χ0) is 22.0. The monoisotopic (exact) mass is 414 g/mol. The number of fused-ring (bicyclic) bond motifs is 1. The van der Waals surface area contributed by atoms with Gasteiger partial charge in [0.2, 0.25) is 5.54 Å². The maximum absolute atomic E-state index is 13.3. The van der Waals surface area contributed by atoms with Crippen LogP contribution in [-0.4, -0.2) is 40.5 Å². The quantitative estimate of drug-likeness (QED) is 0.467. The molecule has 1 aliphatic heterocycles. The molecule has 0 saturated heterocycles. The number of hydrogen-bond donors (Lipinski definition) is 0. The lowest BCUT2D eigenvalue weighted by molar-refractivity contribution is -0.159. The van der Waals surface area contributed by atoms with Crippen molar-refractivity contribution in [3.8, 4) is 0 Å². The third-order valence-electron chi connectivity index (χ3n) is 5.50. The van der Waals surface area contributed by atoms with Crippen molar-refractivity contribution in [3.63, 3.8) is 0 Å². The summed E-state index contributed by atoms with van der Waals surface area (Å²) in [6, 6.07) is 22.1. The molecule has 1 atom stereocenters. The van der Waals surface area contributed by atoms with E-state index >= 15 is 0 Å². The first-order valence-electron chi connectivity index (χ1n) is 10.1. The van der Waals surface area contributed by atoms with Gasteiger partial charge in [0.25, 0.3) is 5.91 Å². The average Bonchev–Trinajstić information content (AvgIpc) is 3.21. The van der Waals surface area contributed by atoms with Gasteiger partial charge in [0.15, 0.2) is 5.78 Å². The second-order valence-corrected chi connectivity index (χ2v) is 7.41. The molecule has 0 saturated carbocycles. The van der Waals surface area contributed by atoms with Crippen LogP contribution in [0.4, 0.5) is 0 Å². The molecule has 0 spiro atoms. The Morgan fingerprint density at radius 1 is 0.968 bits per heavy atom. The second-order valence-electron chi connectivity index (χ2n) is 7.41. The Hall–Kier alpha value is -3.80. The summed E-state index contributed by atoms with van der Waals surface area (Å²) >= 11 is 0. The van der Waals surface area contributed by atoms with Crippen LogP contribution in [0.3, 0.4) is 0 Å². The predicted molar refractivity (Wildman–Crippen MR) is 118 cm³/mol. The molecule has 4 rings (SSSR count). The predicted octanol–water partition coefficient (Wildman–Crippen LogP) is 3.98. The van der Waals surface area contributed by atoms with E-state index in [0.717, 1.165) is 21.3 Å². The van der Waals surface area contributed by atoms with E-state index in [1.165, 1.54) is 6.92 Å². The van der Waals surface area contributed by atoms with Crippen molar-refractivity contribution in [3.05, 3.63) is 83.9 Å². The lowest BCUT2D eigenvalue weighted by atomic mass is 9.86. The Morgan fingerprint density at radius 2 is 1.65 bits per heavy atom. The minimum absolute atomic E-state index is 0.0436. The number of Topliss-reactive ketones (excluding diaryl/α,β-unsaturated/α-hetero) is 1. The molecule has 0 fully saturated rings. The van der Waals surface area contributed by atoms with E-state index in [9.17, 15) is 14.4 Å². The summed E-state index contributed by atoms with van der Waals surface area (Å²) in [6.07, 6.45) is -0.0436. The summed E-state index contributed by atoms with van der Waals surface area (Å²) in [5, 5.41) is 7.57. The molecule has 31 heavy (non-hydrogen) atoms. The number of amides is 1. The topological polar surface area (TPSA) is 76.0 Å². The molecule has 156 valence electrons. The molecule has 3 aromatic rings. The van der Waals surface area contributed by atoms with Crippen LogP contribution in [0.15, 0.2) is 77.9 Å². The summed E-state index contributed by atoms with van der Waals surface area (Å²) in [6.45, 7) is 3.04. The molecule has 1 unspecified atom stereocenters. The molecule has 6 nitrogen and oxygen atoms in total. The summed E-state index contributed by atoms with van der Waals surface area (Å²) in [5.74, 6) is -1.79. The summed E-state index contributed by atoms with van der Waals surface area (Å²) in [4.78, 5) is 39.2. The average molecular weight is 414 g/mol. The van der Waals surface area contributed by atoms with Gasteiger partial charge in [-0.05, 0) is 48.4 Å². The van der Waals surface area contributed by atoms with Crippen molar-refractivity contribution in [2.45, 2.75) is 25.8 Å². The van der Waals surface area contributed by atoms with E-state index in [-0.39, 0.29) is 13.0 Å². The van der Waals surface area contributed by atoms with Crippen molar-refractivity contribution in [2.75, 3.05) is 6.61 Å². The molecule has 3 aromatic carbocycles. The Balaban J connectivity index is 1.84. The number of ether oxygens (including phenoxy) is 1. The molecule has 1 heterocycles. The standard InChI is InChI=1S/C25H22N2O4/c1-3-31-24(30)25(17(2)28)16-22(21-14-13-18-9-7-8-12-20(18)15-21)26-27(25)23(29)19-10-5-4-6-11-19/h4-15H,3,16H2,1-2H3. The zero-order valence-corrected chi connectivity index (χ0v) is 17.4. The Morgan fingerprint density at radius 3 is 2.32 bits per heavy atom. The maximum atomic E-state index is 13.3. The van der Waals surface area contributed by atoms with Crippen LogP contribution >= 0.6 is 0 Å². The lowest BCUT2D eigenvalue weighted by Crippen LogP contribution is -2.58. The van der Waals surface area contributed by atoms with Gasteiger partial charge in [0.1, 0.15) is 0 Å². The van der Waals surface area contributed by atoms with Gasteiger partial charge in [0, 0.05) is 12.0 Å². The van der Waals surface area contributed by atoms with Gasteiger partial charge < -0.3 is 4.74 Å². The first-order valence-corrected chi connectivity index (χ1v) is 10.1. The number of carbonyl (C=O) groups excluding carboxylic acids is 3. The highest BCUT2D eigenvalue weighted by atomic mass is 16.5. The van der Waals surface area contributed by atoms with Gasteiger partial charge in [-0.2, -0.15) is 5.10 Å². The maximum Gasteiger partial charge on any atom is 0.342 e. The third-order valence-corrected chi connectivity index (χ3v) is 5.50. The smallest absolute Gasteiger partial charge is 0.342 e. The van der Waals surface area contributed by atoms with E-state index in [1.54, 1.807) is 37.3 Å². The summed E-state index contributed by atoms with van der Waals surface area (Å²) < 4.78 is 5.23. The number of esters is 1. The van der Waals surface area contributed by atoms with Crippen LogP contribution in [0.1, 0.15) is 36.2 Å². The Kier molecular flexibility index (Phi) is 5.38. The fraction of sp³-hybridized carbons (Fsp3) is 0.200. The van der Waals surface area contributed by atoms with Crippen LogP contribution < -0.4 is 0 Å². The number of nitrogens with zero attached hydrogens (tertiary/aromatic N) is 2. The first kappa shape index (κ1) is 20.5. The Labute approximate surface area is 180 Å². The minimum Gasteiger partial charge on any atom is -0.464 e. The van der Waals surface area contributed by atoms with Gasteiger partial charge in [-0.25, -0.2) is 9.80 Å². The van der Waals surface area contributed by atoms with Gasteiger partial charge in [0.05, 0.1) is 12.3 Å². The number of ketones is 1. The molecule has 0 aromatic heterocycles. The number of benzene rings is 3. The van der Waals surface area contributed by atoms with Crippen LogP contribution in [0.5, 0.6) is 0 Å². The Bertz CT molecular complexity index is 1200. The molecule has 0 radical (unpaired) electrons. The highest BCUT2D eigenvalue weighted by molar-refractivity contribution is 6.19. The van der Waals surface area contributed by atoms with Crippen molar-refractivity contribution in [1.29, 1.82) is 0 Å². The normalized spacial score (nSPS) is 18.0. The summed E-state index contributed by atoms with van der Waals surface area (Å²) in [7, 11) is 0. The fourth-order valence-electron chi connectivity index (χ4n) is 3.84. The van der Waals surface area contributed by atoms with Crippen LogP contribution in [0, 0.1) is 0 Å². The molecule has 6 heteroatoms. The number of carbonyl (C=O) groups is 3. The van der Waals surface area contributed by atoms with E-state index < -0.39 is 23.2 Å². The van der Waals surface area contributed by atoms with Crippen molar-refractivity contribution >= 4 is 34.1 Å². The van der Waals surface area contributed by atoms with E-state index in [4.69, 9.17) is 4.74 Å². The van der Waals surface area contributed by atoms with Crippen LogP contribution in [0.25, 0.3) is 10.8 Å². The highest BCUT2D eigenvalue weighted by Gasteiger charge is 2.57. The van der Waals surface area contributed by atoms with Gasteiger partial charge >= 0.3 is 5.97 Å². The van der Waals surface area contributed by atoms with Gasteiger partial charge in [-0.1, -0.05) is 54.6 Å². The van der Waals surface area contributed by atoms with Crippen molar-refractivity contribution < 1.29 is 19.1 Å². The molecular weight excluding hydrogens is 392 g/mol. The third kappa shape index (κ3) is 3.50. The van der Waals surface area contributed by atoms with Crippen molar-refractivity contribution in [1.82, 2.24) is 5.01 Å². The number of hydrazone groups is 1. The van der Waals surface area contributed by atoms with E-state index in [1.807, 2.05) is 42.5 Å². The minimum atomic E-state index is -1.83. The van der Waals surface area contributed by atoms with E-state index in [2.05, 4.69) is 5.10 Å². The largest absolute Gasteiger partial charge is 0.464 e. The van der Waals surface area contributed by atoms with Gasteiger partial charge in [-0.15, -0.1) is 0 Å². The molecule has 1 amide bonds. The zero-order valence-electron chi connectivity index (χ0n) is 17.4. The highest BCUT2D eigenvalue weighted by Crippen LogP contribution is 2.34. The molecular formula is C25H22N2O4. The number of rotatable bonds is 5. The lowest BCUT2D eigenvalue weighted by Gasteiger charge is -2.31. The van der Waals surface area contributed by atoms with Crippen LogP contribution in [-0.2, 0) is 14.3 Å².